The number of rotatable bonds is 1. The van der Waals surface area contributed by atoms with Crippen LogP contribution in [0.25, 0.3) is 0 Å². The van der Waals surface area contributed by atoms with Crippen molar-refractivity contribution in [1.82, 2.24) is 0 Å². The molecule has 0 bridgehead atoms. The molecule has 2 rings (SSSR count). The normalized spacial score (nSPS) is 14.5. The first-order valence-corrected chi connectivity index (χ1v) is 4.46. The number of hydrogen-bond acceptors (Lipinski definition) is 2. The van der Waals surface area contributed by atoms with Crippen LogP contribution in [0.3, 0.4) is 0 Å². The number of nitrogens with one attached hydrogen (secondary N) is 1. The van der Waals surface area contributed by atoms with Crippen LogP contribution in [-0.2, 0) is 11.2 Å². The minimum atomic E-state index is -0.190. The zero-order valence-electron chi connectivity index (χ0n) is 7.67. The predicted octanol–water partition coefficient (Wildman–Crippen LogP) is 1.59. The lowest BCUT2D eigenvalue weighted by molar-refractivity contribution is -0.116. The molecule has 0 aliphatic carbocycles. The van der Waals surface area contributed by atoms with Gasteiger partial charge in [-0.1, -0.05) is 0 Å². The van der Waals surface area contributed by atoms with E-state index >= 15 is 0 Å². The Kier molecular flexibility index (Phi) is 2.08. The van der Waals surface area contributed by atoms with E-state index in [0.717, 1.165) is 11.3 Å². The second-order valence-electron chi connectivity index (χ2n) is 3.34. The highest BCUT2D eigenvalue weighted by atomic mass is 16.1. The number of fused-ring (bicyclic) bond motifs is 1. The van der Waals surface area contributed by atoms with E-state index in [0.29, 0.717) is 18.4 Å². The molecule has 3 nitrogen and oxygen atoms in total. The Morgan fingerprint density at radius 1 is 1.36 bits per heavy atom. The van der Waals surface area contributed by atoms with Gasteiger partial charge in [0.2, 0.25) is 5.91 Å². The number of amides is 1. The number of Topliss-reactive ketones (excluding diaryl/α,β-unsaturated/α-hetero) is 1. The van der Waals surface area contributed by atoms with Gasteiger partial charge in [-0.2, -0.15) is 0 Å². The Labute approximate surface area is 82.1 Å². The average Bonchev–Trinajstić information content (AvgIpc) is 2.16. The first-order valence-electron chi connectivity index (χ1n) is 4.46. The molecule has 0 fully saturated rings. The molecule has 1 radical (unpaired) electrons. The van der Waals surface area contributed by atoms with Gasteiger partial charge in [-0.3, -0.25) is 9.59 Å². The number of benzene rings is 1. The lowest BCUT2D eigenvalue weighted by Gasteiger charge is -2.16. The van der Waals surface area contributed by atoms with Gasteiger partial charge >= 0.3 is 0 Å². The van der Waals surface area contributed by atoms with Crippen molar-refractivity contribution < 1.29 is 9.59 Å². The molecule has 0 spiro atoms. The average molecular weight is 188 g/mol. The van der Waals surface area contributed by atoms with Crippen LogP contribution in [0.15, 0.2) is 18.2 Å². The van der Waals surface area contributed by atoms with Gasteiger partial charge in [-0.25, -0.2) is 0 Å². The van der Waals surface area contributed by atoms with Crippen LogP contribution in [0, 0.1) is 6.92 Å². The number of anilines is 1. The molecule has 1 aliphatic heterocycles. The molecule has 1 aromatic carbocycles. The van der Waals surface area contributed by atoms with Crippen LogP contribution < -0.4 is 5.32 Å². The standard InChI is InChI=1S/C11H10NO2/c1-7(13)8-2-4-10-9(6-8)3-5-11(14)12-10/h2,4,6H,1,3,5H2,(H,12,14). The van der Waals surface area contributed by atoms with Crippen molar-refractivity contribution in [2.24, 2.45) is 0 Å². The number of ketones is 1. The Morgan fingerprint density at radius 3 is 2.86 bits per heavy atom. The molecule has 3 heteroatoms. The lowest BCUT2D eigenvalue weighted by atomic mass is 9.99. The third-order valence-corrected chi connectivity index (χ3v) is 2.32. The smallest absolute Gasteiger partial charge is 0.224 e. The van der Waals surface area contributed by atoms with Crippen molar-refractivity contribution in [2.75, 3.05) is 5.32 Å². The third kappa shape index (κ3) is 1.53. The lowest BCUT2D eigenvalue weighted by Crippen LogP contribution is -2.19. The fourth-order valence-corrected chi connectivity index (χ4v) is 1.56. The Bertz CT molecular complexity index is 410. The minimum absolute atomic E-state index is 0.0335. The van der Waals surface area contributed by atoms with E-state index in [9.17, 15) is 9.59 Å². The van der Waals surface area contributed by atoms with Gasteiger partial charge in [0, 0.05) is 24.6 Å². The number of hydrogen-bond donors (Lipinski definition) is 1. The zero-order chi connectivity index (χ0) is 10.1. The fraction of sp³-hybridized carbons (Fsp3) is 0.182. The third-order valence-electron chi connectivity index (χ3n) is 2.32. The molecule has 71 valence electrons. The van der Waals surface area contributed by atoms with Crippen molar-refractivity contribution in [2.45, 2.75) is 12.8 Å². The SMILES string of the molecule is [CH2]C(=O)c1ccc2c(c1)CCC(=O)N2. The molecular weight excluding hydrogens is 178 g/mol. The van der Waals surface area contributed by atoms with Crippen LogP contribution in [0.5, 0.6) is 0 Å². The van der Waals surface area contributed by atoms with E-state index in [1.165, 1.54) is 0 Å². The van der Waals surface area contributed by atoms with E-state index in [2.05, 4.69) is 12.2 Å². The zero-order valence-corrected chi connectivity index (χ0v) is 7.67. The van der Waals surface area contributed by atoms with Crippen molar-refractivity contribution >= 4 is 17.4 Å². The summed E-state index contributed by atoms with van der Waals surface area (Å²) < 4.78 is 0. The van der Waals surface area contributed by atoms with E-state index < -0.39 is 0 Å². The Hall–Kier alpha value is -1.64. The summed E-state index contributed by atoms with van der Waals surface area (Å²) in [6.07, 6.45) is 1.18. The van der Waals surface area contributed by atoms with E-state index in [-0.39, 0.29) is 11.7 Å². The topological polar surface area (TPSA) is 46.2 Å². The number of aryl methyl sites for hydroxylation is 1. The van der Waals surface area contributed by atoms with Crippen LogP contribution in [-0.4, -0.2) is 11.7 Å². The molecule has 0 aromatic heterocycles. The van der Waals surface area contributed by atoms with Crippen molar-refractivity contribution in [3.8, 4) is 0 Å². The van der Waals surface area contributed by atoms with Crippen LogP contribution in [0.4, 0.5) is 5.69 Å². The summed E-state index contributed by atoms with van der Waals surface area (Å²) in [6, 6.07) is 5.23. The second-order valence-corrected chi connectivity index (χ2v) is 3.34. The molecule has 1 aromatic rings. The molecule has 1 aliphatic rings. The molecule has 0 saturated heterocycles. The predicted molar refractivity (Wildman–Crippen MR) is 53.1 cm³/mol. The van der Waals surface area contributed by atoms with E-state index in [1.807, 2.05) is 0 Å². The highest BCUT2D eigenvalue weighted by Crippen LogP contribution is 2.23. The Morgan fingerprint density at radius 2 is 2.14 bits per heavy atom. The highest BCUT2D eigenvalue weighted by molar-refractivity contribution is 6.01. The van der Waals surface area contributed by atoms with Gasteiger partial charge in [0.15, 0.2) is 5.78 Å². The van der Waals surface area contributed by atoms with Crippen LogP contribution in [0.1, 0.15) is 22.3 Å². The van der Waals surface area contributed by atoms with Gasteiger partial charge in [-0.15, -0.1) is 0 Å². The molecule has 0 unspecified atom stereocenters. The quantitative estimate of drug-likeness (QED) is 0.680. The molecule has 0 saturated carbocycles. The molecular formula is C11H10NO2. The summed E-state index contributed by atoms with van der Waals surface area (Å²) in [7, 11) is 0. The maximum atomic E-state index is 11.1. The summed E-state index contributed by atoms with van der Waals surface area (Å²) in [6.45, 7) is 3.35. The van der Waals surface area contributed by atoms with Crippen molar-refractivity contribution in [1.29, 1.82) is 0 Å². The fourth-order valence-electron chi connectivity index (χ4n) is 1.56. The first-order chi connectivity index (χ1) is 6.66. The van der Waals surface area contributed by atoms with Crippen LogP contribution >= 0.6 is 0 Å². The van der Waals surface area contributed by atoms with E-state index in [1.54, 1.807) is 18.2 Å². The maximum absolute atomic E-state index is 11.1. The first kappa shape index (κ1) is 8.94. The van der Waals surface area contributed by atoms with Gasteiger partial charge in [0.25, 0.3) is 0 Å². The summed E-state index contributed by atoms with van der Waals surface area (Å²) in [5.74, 6) is -0.157. The molecule has 1 N–H and O–H groups in total. The molecule has 1 amide bonds. The van der Waals surface area contributed by atoms with Crippen molar-refractivity contribution in [3.05, 3.63) is 36.2 Å². The Balaban J connectivity index is 2.41. The number of carbonyl (C=O) groups excluding carboxylic acids is 2. The van der Waals surface area contributed by atoms with Crippen LogP contribution in [0.2, 0.25) is 0 Å². The minimum Gasteiger partial charge on any atom is -0.326 e. The summed E-state index contributed by atoms with van der Waals surface area (Å²) in [4.78, 5) is 22.1. The van der Waals surface area contributed by atoms with Gasteiger partial charge < -0.3 is 5.32 Å². The largest absolute Gasteiger partial charge is 0.326 e. The highest BCUT2D eigenvalue weighted by Gasteiger charge is 2.15. The second kappa shape index (κ2) is 3.25. The molecule has 1 heterocycles. The summed E-state index contributed by atoms with van der Waals surface area (Å²) >= 11 is 0. The number of carbonyl (C=O) groups is 2. The van der Waals surface area contributed by atoms with Gasteiger partial charge in [0.05, 0.1) is 0 Å². The maximum Gasteiger partial charge on any atom is 0.224 e. The van der Waals surface area contributed by atoms with Crippen molar-refractivity contribution in [3.63, 3.8) is 0 Å². The monoisotopic (exact) mass is 188 g/mol. The van der Waals surface area contributed by atoms with Gasteiger partial charge in [0.1, 0.15) is 0 Å². The van der Waals surface area contributed by atoms with Gasteiger partial charge in [-0.05, 0) is 30.2 Å². The summed E-state index contributed by atoms with van der Waals surface area (Å²) in [5.41, 5.74) is 2.42. The molecule has 0 atom stereocenters. The van der Waals surface area contributed by atoms with E-state index in [4.69, 9.17) is 0 Å². The molecule has 14 heavy (non-hydrogen) atoms. The summed E-state index contributed by atoms with van der Waals surface area (Å²) in [5, 5.41) is 2.76.